The van der Waals surface area contributed by atoms with Gasteiger partial charge >= 0.3 is 0 Å². The topological polar surface area (TPSA) is 63.0 Å². The van der Waals surface area contributed by atoms with Crippen molar-refractivity contribution in [2.24, 2.45) is 0 Å². The van der Waals surface area contributed by atoms with Crippen LogP contribution in [0.3, 0.4) is 0 Å². The lowest BCUT2D eigenvalue weighted by atomic mass is 10.2. The van der Waals surface area contributed by atoms with Gasteiger partial charge in [0.25, 0.3) is 0 Å². The largest absolute Gasteiger partial charge is 0.394 e. The van der Waals surface area contributed by atoms with Crippen molar-refractivity contribution in [1.82, 2.24) is 20.3 Å². The Morgan fingerprint density at radius 2 is 2.32 bits per heavy atom. The first kappa shape index (κ1) is 14.2. The maximum absolute atomic E-state index is 8.81. The Labute approximate surface area is 117 Å². The highest BCUT2D eigenvalue weighted by Crippen LogP contribution is 2.16. The molecule has 0 saturated carbocycles. The molecular formula is C13H20N4OS. The molecule has 0 aliphatic rings. The molecule has 0 aliphatic heterocycles. The van der Waals surface area contributed by atoms with E-state index in [4.69, 9.17) is 5.11 Å². The Morgan fingerprint density at radius 1 is 1.47 bits per heavy atom. The zero-order valence-corrected chi connectivity index (χ0v) is 12.2. The average Bonchev–Trinajstić information content (AvgIpc) is 2.97. The second-order valence-corrected chi connectivity index (χ2v) is 6.07. The third-order valence-electron chi connectivity index (χ3n) is 2.85. The summed E-state index contributed by atoms with van der Waals surface area (Å²) in [7, 11) is 0. The summed E-state index contributed by atoms with van der Waals surface area (Å²) in [5, 5.41) is 20.3. The summed E-state index contributed by atoms with van der Waals surface area (Å²) in [6.45, 7) is 5.59. The Hall–Kier alpha value is -1.24. The van der Waals surface area contributed by atoms with Gasteiger partial charge in [0.15, 0.2) is 0 Å². The first-order chi connectivity index (χ1) is 9.17. The highest BCUT2D eigenvalue weighted by molar-refractivity contribution is 7.11. The van der Waals surface area contributed by atoms with Crippen LogP contribution in [0.4, 0.5) is 0 Å². The van der Waals surface area contributed by atoms with Crippen LogP contribution >= 0.6 is 11.3 Å². The van der Waals surface area contributed by atoms with E-state index < -0.39 is 0 Å². The number of thiophene rings is 1. The maximum atomic E-state index is 8.81. The number of hydrogen-bond donors (Lipinski definition) is 2. The summed E-state index contributed by atoms with van der Waals surface area (Å²) < 4.78 is 1.66. The van der Waals surface area contributed by atoms with Crippen LogP contribution in [0, 0.1) is 6.92 Å². The molecule has 0 bridgehead atoms. The van der Waals surface area contributed by atoms with Crippen molar-refractivity contribution in [3.63, 3.8) is 0 Å². The minimum Gasteiger partial charge on any atom is -0.394 e. The molecule has 2 heterocycles. The summed E-state index contributed by atoms with van der Waals surface area (Å²) in [5.41, 5.74) is 0.905. The smallest absolute Gasteiger partial charge is 0.0964 e. The summed E-state index contributed by atoms with van der Waals surface area (Å²) in [5.74, 6) is 0. The van der Waals surface area contributed by atoms with Crippen molar-refractivity contribution in [3.05, 3.63) is 33.8 Å². The van der Waals surface area contributed by atoms with Gasteiger partial charge in [0, 0.05) is 28.5 Å². The fourth-order valence-electron chi connectivity index (χ4n) is 1.88. The molecule has 0 aromatic carbocycles. The molecule has 1 unspecified atom stereocenters. The van der Waals surface area contributed by atoms with Crippen LogP contribution < -0.4 is 5.32 Å². The number of nitrogens with zero attached hydrogens (tertiary/aromatic N) is 3. The summed E-state index contributed by atoms with van der Waals surface area (Å²) in [6, 6.07) is 4.75. The zero-order valence-electron chi connectivity index (χ0n) is 11.3. The molecule has 0 spiro atoms. The highest BCUT2D eigenvalue weighted by atomic mass is 32.1. The lowest BCUT2D eigenvalue weighted by Crippen LogP contribution is -2.27. The van der Waals surface area contributed by atoms with E-state index in [1.54, 1.807) is 4.68 Å². The Morgan fingerprint density at radius 3 is 3.00 bits per heavy atom. The number of rotatable bonds is 7. The van der Waals surface area contributed by atoms with E-state index >= 15 is 0 Å². The zero-order chi connectivity index (χ0) is 13.7. The molecule has 2 aromatic rings. The van der Waals surface area contributed by atoms with E-state index in [9.17, 15) is 0 Å². The van der Waals surface area contributed by atoms with Gasteiger partial charge < -0.3 is 10.4 Å². The second-order valence-electron chi connectivity index (χ2n) is 4.69. The second kappa shape index (κ2) is 6.79. The normalized spacial score (nSPS) is 12.8. The van der Waals surface area contributed by atoms with Crippen molar-refractivity contribution in [1.29, 1.82) is 0 Å². The average molecular weight is 280 g/mol. The van der Waals surface area contributed by atoms with Crippen LogP contribution in [0.25, 0.3) is 0 Å². The van der Waals surface area contributed by atoms with Gasteiger partial charge in [-0.1, -0.05) is 5.21 Å². The predicted molar refractivity (Wildman–Crippen MR) is 76.2 cm³/mol. The lowest BCUT2D eigenvalue weighted by molar-refractivity contribution is 0.268. The Bertz CT molecular complexity index is 508. The van der Waals surface area contributed by atoms with E-state index in [0.29, 0.717) is 19.1 Å². The van der Waals surface area contributed by atoms with Crippen molar-refractivity contribution < 1.29 is 5.11 Å². The van der Waals surface area contributed by atoms with E-state index in [1.807, 2.05) is 17.5 Å². The lowest BCUT2D eigenvalue weighted by Gasteiger charge is -2.11. The van der Waals surface area contributed by atoms with Gasteiger partial charge in [0.1, 0.15) is 0 Å². The van der Waals surface area contributed by atoms with Gasteiger partial charge in [0.2, 0.25) is 0 Å². The molecule has 0 radical (unpaired) electrons. The minimum atomic E-state index is 0.0877. The number of aromatic nitrogens is 3. The first-order valence-electron chi connectivity index (χ1n) is 6.46. The molecule has 0 amide bonds. The van der Waals surface area contributed by atoms with Gasteiger partial charge in [-0.25, -0.2) is 4.68 Å². The van der Waals surface area contributed by atoms with E-state index in [2.05, 4.69) is 41.6 Å². The van der Waals surface area contributed by atoms with Gasteiger partial charge in [-0.2, -0.15) is 0 Å². The highest BCUT2D eigenvalue weighted by Gasteiger charge is 2.06. The van der Waals surface area contributed by atoms with Crippen LogP contribution in [-0.2, 0) is 19.5 Å². The van der Waals surface area contributed by atoms with E-state index in [0.717, 1.165) is 12.1 Å². The monoisotopic (exact) mass is 280 g/mol. The predicted octanol–water partition coefficient (Wildman–Crippen LogP) is 1.36. The van der Waals surface area contributed by atoms with Crippen molar-refractivity contribution in [3.8, 4) is 0 Å². The molecule has 104 valence electrons. The Balaban J connectivity index is 1.77. The standard InChI is InChI=1S/C13H20N4OS/c1-10(7-13-4-3-11(2)19-13)14-8-12-9-17(5-6-18)16-15-12/h3-4,9-10,14,18H,5-8H2,1-2H3. The molecule has 2 N–H and O–H groups in total. The van der Waals surface area contributed by atoms with Crippen LogP contribution in [0.15, 0.2) is 18.3 Å². The van der Waals surface area contributed by atoms with Crippen LogP contribution in [0.2, 0.25) is 0 Å². The minimum absolute atomic E-state index is 0.0877. The number of aliphatic hydroxyl groups excluding tert-OH is 1. The van der Waals surface area contributed by atoms with Crippen molar-refractivity contribution in [2.75, 3.05) is 6.61 Å². The maximum Gasteiger partial charge on any atom is 0.0964 e. The molecule has 6 heteroatoms. The number of aryl methyl sites for hydroxylation is 1. The van der Waals surface area contributed by atoms with Gasteiger partial charge in [-0.05, 0) is 32.4 Å². The van der Waals surface area contributed by atoms with Gasteiger partial charge in [0.05, 0.1) is 18.8 Å². The molecule has 2 rings (SSSR count). The molecular weight excluding hydrogens is 260 g/mol. The Kier molecular flexibility index (Phi) is 5.07. The fraction of sp³-hybridized carbons (Fsp3) is 0.538. The van der Waals surface area contributed by atoms with Gasteiger partial charge in [-0.15, -0.1) is 16.4 Å². The van der Waals surface area contributed by atoms with Crippen molar-refractivity contribution in [2.45, 2.75) is 39.4 Å². The third-order valence-corrected chi connectivity index (χ3v) is 3.87. The molecule has 2 aromatic heterocycles. The first-order valence-corrected chi connectivity index (χ1v) is 7.27. The SMILES string of the molecule is Cc1ccc(CC(C)NCc2cn(CCO)nn2)s1. The molecule has 0 saturated heterocycles. The number of nitrogens with one attached hydrogen (secondary N) is 1. The van der Waals surface area contributed by atoms with E-state index in [-0.39, 0.29) is 6.61 Å². The van der Waals surface area contributed by atoms with Gasteiger partial charge in [-0.3, -0.25) is 0 Å². The van der Waals surface area contributed by atoms with Crippen molar-refractivity contribution >= 4 is 11.3 Å². The molecule has 0 aliphatic carbocycles. The third kappa shape index (κ3) is 4.41. The molecule has 1 atom stereocenters. The van der Waals surface area contributed by atoms with Crippen LogP contribution in [0.1, 0.15) is 22.4 Å². The summed E-state index contributed by atoms with van der Waals surface area (Å²) >= 11 is 1.85. The van der Waals surface area contributed by atoms with Crippen LogP contribution in [0.5, 0.6) is 0 Å². The summed E-state index contributed by atoms with van der Waals surface area (Å²) in [4.78, 5) is 2.76. The number of hydrogen-bond acceptors (Lipinski definition) is 5. The fourth-order valence-corrected chi connectivity index (χ4v) is 2.90. The van der Waals surface area contributed by atoms with Crippen LogP contribution in [-0.4, -0.2) is 32.7 Å². The summed E-state index contributed by atoms with van der Waals surface area (Å²) in [6.07, 6.45) is 2.90. The molecule has 0 fully saturated rings. The molecule has 5 nitrogen and oxygen atoms in total. The van der Waals surface area contributed by atoms with E-state index in [1.165, 1.54) is 9.75 Å². The quantitative estimate of drug-likeness (QED) is 0.804. The number of aliphatic hydroxyl groups is 1. The molecule has 19 heavy (non-hydrogen) atoms.